The molecule has 2 aliphatic heterocycles. The average Bonchev–Trinajstić information content (AvgIpc) is 2.90. The van der Waals surface area contributed by atoms with Crippen molar-refractivity contribution < 1.29 is 22.8 Å². The molecule has 1 N–H and O–H groups in total. The summed E-state index contributed by atoms with van der Waals surface area (Å²) in [4.78, 5) is 28.6. The third-order valence-electron chi connectivity index (χ3n) is 4.23. The summed E-state index contributed by atoms with van der Waals surface area (Å²) in [5.74, 6) is -1.13. The summed E-state index contributed by atoms with van der Waals surface area (Å²) in [7, 11) is 0. The van der Waals surface area contributed by atoms with Crippen LogP contribution >= 0.6 is 0 Å². The SMILES string of the molecule is O=C1CCC[C@H](CC(=O)N2CCn3c(cnc3C(F)(F)F)C2)N1. The number of fused-ring (bicyclic) bond motifs is 1. The molecule has 0 spiro atoms. The first-order valence-electron chi connectivity index (χ1n) is 7.53. The summed E-state index contributed by atoms with van der Waals surface area (Å²) in [5, 5.41) is 2.78. The van der Waals surface area contributed by atoms with E-state index in [4.69, 9.17) is 0 Å². The Kier molecular flexibility index (Phi) is 4.03. The van der Waals surface area contributed by atoms with E-state index in [9.17, 15) is 22.8 Å². The fraction of sp³-hybridized carbons (Fsp3) is 0.643. The zero-order valence-electron chi connectivity index (χ0n) is 12.4. The van der Waals surface area contributed by atoms with Crippen LogP contribution in [0.2, 0.25) is 0 Å². The normalized spacial score (nSPS) is 21.8. The fourth-order valence-corrected chi connectivity index (χ4v) is 3.10. The number of halogens is 3. The van der Waals surface area contributed by atoms with Crippen molar-refractivity contribution in [3.63, 3.8) is 0 Å². The zero-order chi connectivity index (χ0) is 16.6. The van der Waals surface area contributed by atoms with E-state index in [1.807, 2.05) is 0 Å². The molecule has 3 heterocycles. The molecule has 1 atom stereocenters. The third kappa shape index (κ3) is 3.32. The molecule has 1 saturated heterocycles. The van der Waals surface area contributed by atoms with Crippen molar-refractivity contribution in [3.05, 3.63) is 17.7 Å². The topological polar surface area (TPSA) is 67.2 Å². The molecule has 2 aliphatic rings. The molecule has 3 rings (SSSR count). The molecule has 9 heteroatoms. The Morgan fingerprint density at radius 2 is 2.17 bits per heavy atom. The maximum Gasteiger partial charge on any atom is 0.449 e. The first-order chi connectivity index (χ1) is 10.8. The van der Waals surface area contributed by atoms with Crippen molar-refractivity contribution >= 4 is 11.8 Å². The van der Waals surface area contributed by atoms with Crippen molar-refractivity contribution in [1.29, 1.82) is 0 Å². The first kappa shape index (κ1) is 15.8. The van der Waals surface area contributed by atoms with Crippen LogP contribution in [-0.2, 0) is 28.9 Å². The Morgan fingerprint density at radius 1 is 1.39 bits per heavy atom. The maximum atomic E-state index is 12.8. The first-order valence-corrected chi connectivity index (χ1v) is 7.53. The zero-order valence-corrected chi connectivity index (χ0v) is 12.4. The lowest BCUT2D eigenvalue weighted by Gasteiger charge is -2.31. The monoisotopic (exact) mass is 330 g/mol. The number of carbonyl (C=O) groups is 2. The van der Waals surface area contributed by atoms with E-state index in [1.165, 1.54) is 11.1 Å². The van der Waals surface area contributed by atoms with E-state index in [2.05, 4.69) is 10.3 Å². The van der Waals surface area contributed by atoms with Crippen LogP contribution in [0.15, 0.2) is 6.20 Å². The predicted octanol–water partition coefficient (Wildman–Crippen LogP) is 1.30. The van der Waals surface area contributed by atoms with Crippen LogP contribution in [0, 0.1) is 0 Å². The van der Waals surface area contributed by atoms with E-state index >= 15 is 0 Å². The number of carbonyl (C=O) groups excluding carboxylic acids is 2. The lowest BCUT2D eigenvalue weighted by atomic mass is 10.0. The van der Waals surface area contributed by atoms with Gasteiger partial charge in [0.2, 0.25) is 17.6 Å². The van der Waals surface area contributed by atoms with Crippen LogP contribution < -0.4 is 5.32 Å². The lowest BCUT2D eigenvalue weighted by molar-refractivity contribution is -0.148. The van der Waals surface area contributed by atoms with Crippen LogP contribution in [-0.4, -0.2) is 38.9 Å². The summed E-state index contributed by atoms with van der Waals surface area (Å²) >= 11 is 0. The van der Waals surface area contributed by atoms with Crippen LogP contribution in [0.5, 0.6) is 0 Å². The average molecular weight is 330 g/mol. The minimum atomic E-state index is -4.49. The summed E-state index contributed by atoms with van der Waals surface area (Å²) in [6.45, 7) is 0.404. The smallest absolute Gasteiger partial charge is 0.353 e. The molecule has 6 nitrogen and oxygen atoms in total. The highest BCUT2D eigenvalue weighted by Gasteiger charge is 2.38. The van der Waals surface area contributed by atoms with E-state index < -0.39 is 12.0 Å². The number of rotatable bonds is 2. The van der Waals surface area contributed by atoms with Crippen LogP contribution in [0.1, 0.15) is 37.2 Å². The molecule has 126 valence electrons. The molecule has 2 amide bonds. The summed E-state index contributed by atoms with van der Waals surface area (Å²) in [6.07, 6.45) is -1.14. The number of piperidine rings is 1. The predicted molar refractivity (Wildman–Crippen MR) is 73.0 cm³/mol. The molecule has 0 aromatic carbocycles. The second-order valence-corrected chi connectivity index (χ2v) is 5.90. The Hall–Kier alpha value is -2.06. The van der Waals surface area contributed by atoms with Gasteiger partial charge in [-0.1, -0.05) is 0 Å². The van der Waals surface area contributed by atoms with Gasteiger partial charge in [-0.2, -0.15) is 13.2 Å². The van der Waals surface area contributed by atoms with Gasteiger partial charge in [0, 0.05) is 32.0 Å². The number of imidazole rings is 1. The maximum absolute atomic E-state index is 12.8. The van der Waals surface area contributed by atoms with Gasteiger partial charge in [0.15, 0.2) is 0 Å². The Morgan fingerprint density at radius 3 is 2.87 bits per heavy atom. The fourth-order valence-electron chi connectivity index (χ4n) is 3.10. The van der Waals surface area contributed by atoms with Crippen molar-refractivity contribution in [3.8, 4) is 0 Å². The van der Waals surface area contributed by atoms with E-state index in [0.717, 1.165) is 17.4 Å². The number of alkyl halides is 3. The molecule has 1 fully saturated rings. The van der Waals surface area contributed by atoms with Crippen LogP contribution in [0.4, 0.5) is 13.2 Å². The molecule has 0 bridgehead atoms. The number of hydrogen-bond donors (Lipinski definition) is 1. The van der Waals surface area contributed by atoms with E-state index in [0.29, 0.717) is 12.1 Å². The molecular weight excluding hydrogens is 313 g/mol. The Balaban J connectivity index is 1.64. The quantitative estimate of drug-likeness (QED) is 0.889. The molecule has 1 aromatic rings. The minimum absolute atomic E-state index is 0.0550. The highest BCUT2D eigenvalue weighted by atomic mass is 19.4. The molecule has 23 heavy (non-hydrogen) atoms. The summed E-state index contributed by atoms with van der Waals surface area (Å²) < 4.78 is 39.5. The number of nitrogens with one attached hydrogen (secondary N) is 1. The van der Waals surface area contributed by atoms with E-state index in [-0.39, 0.29) is 43.9 Å². The van der Waals surface area contributed by atoms with Crippen molar-refractivity contribution in [1.82, 2.24) is 19.8 Å². The summed E-state index contributed by atoms with van der Waals surface area (Å²) in [5.41, 5.74) is 0.379. The van der Waals surface area contributed by atoms with Gasteiger partial charge in [0.1, 0.15) is 0 Å². The number of aromatic nitrogens is 2. The van der Waals surface area contributed by atoms with Crippen molar-refractivity contribution in [2.45, 2.75) is 51.0 Å². The number of amides is 2. The molecule has 0 radical (unpaired) electrons. The molecule has 0 aliphatic carbocycles. The van der Waals surface area contributed by atoms with Gasteiger partial charge < -0.3 is 14.8 Å². The highest BCUT2D eigenvalue weighted by Crippen LogP contribution is 2.30. The van der Waals surface area contributed by atoms with Crippen molar-refractivity contribution in [2.24, 2.45) is 0 Å². The number of hydrogen-bond acceptors (Lipinski definition) is 3. The third-order valence-corrected chi connectivity index (χ3v) is 4.23. The Bertz CT molecular complexity index is 626. The molecule has 1 aromatic heterocycles. The van der Waals surface area contributed by atoms with Gasteiger partial charge in [0.05, 0.1) is 18.4 Å². The van der Waals surface area contributed by atoms with Gasteiger partial charge in [-0.3, -0.25) is 9.59 Å². The largest absolute Gasteiger partial charge is 0.449 e. The van der Waals surface area contributed by atoms with Crippen molar-refractivity contribution in [2.75, 3.05) is 6.54 Å². The van der Waals surface area contributed by atoms with Gasteiger partial charge in [-0.15, -0.1) is 0 Å². The highest BCUT2D eigenvalue weighted by molar-refractivity contribution is 5.80. The number of nitrogens with zero attached hydrogens (tertiary/aromatic N) is 3. The van der Waals surface area contributed by atoms with Gasteiger partial charge in [0.25, 0.3) is 0 Å². The van der Waals surface area contributed by atoms with Gasteiger partial charge in [-0.05, 0) is 12.8 Å². The van der Waals surface area contributed by atoms with Gasteiger partial charge in [-0.25, -0.2) is 4.98 Å². The van der Waals surface area contributed by atoms with Crippen LogP contribution in [0.3, 0.4) is 0 Å². The second-order valence-electron chi connectivity index (χ2n) is 5.90. The lowest BCUT2D eigenvalue weighted by Crippen LogP contribution is -2.45. The van der Waals surface area contributed by atoms with E-state index in [1.54, 1.807) is 0 Å². The molecular formula is C14H17F3N4O2. The Labute approximate surface area is 130 Å². The summed E-state index contributed by atoms with van der Waals surface area (Å²) in [6, 6.07) is -0.179. The molecule has 0 unspecified atom stereocenters. The molecule has 0 saturated carbocycles. The second kappa shape index (κ2) is 5.86. The minimum Gasteiger partial charge on any atom is -0.353 e. The van der Waals surface area contributed by atoms with Gasteiger partial charge >= 0.3 is 6.18 Å². The standard InChI is InChI=1S/C14H17F3N4O2/c15-14(16,17)13-18-7-10-8-20(4-5-21(10)13)12(23)6-9-2-1-3-11(22)19-9/h7,9H,1-6,8H2,(H,19,22)/t9-/m1/s1. The van der Waals surface area contributed by atoms with Crippen LogP contribution in [0.25, 0.3) is 0 Å².